The molecule has 0 aliphatic heterocycles. The molecule has 4 heteroatoms. The Morgan fingerprint density at radius 2 is 1.88 bits per heavy atom. The average Bonchev–Trinajstić information content (AvgIpc) is 2.34. The van der Waals surface area contributed by atoms with Gasteiger partial charge < -0.3 is 4.74 Å². The van der Waals surface area contributed by atoms with Crippen LogP contribution in [0.25, 0.3) is 11.1 Å². The van der Waals surface area contributed by atoms with E-state index < -0.39 is 0 Å². The van der Waals surface area contributed by atoms with Crippen molar-refractivity contribution < 1.29 is 4.74 Å². The molecule has 0 unspecified atom stereocenters. The summed E-state index contributed by atoms with van der Waals surface area (Å²) in [5.74, 6) is 0.497. The Kier molecular flexibility index (Phi) is 2.95. The van der Waals surface area contributed by atoms with Gasteiger partial charge in [-0.3, -0.25) is 4.79 Å². The van der Waals surface area contributed by atoms with E-state index in [2.05, 4.69) is 5.10 Å². The number of aromatic nitrogens is 2. The van der Waals surface area contributed by atoms with Crippen LogP contribution in [0.2, 0.25) is 0 Å². The second-order valence-electron chi connectivity index (χ2n) is 3.88. The summed E-state index contributed by atoms with van der Waals surface area (Å²) >= 11 is 0. The molecule has 0 bridgehead atoms. The third-order valence-corrected chi connectivity index (χ3v) is 2.66. The third-order valence-electron chi connectivity index (χ3n) is 2.66. The molecule has 0 N–H and O–H groups in total. The number of nitrogens with zero attached hydrogens (tertiary/aromatic N) is 2. The van der Waals surface area contributed by atoms with E-state index in [9.17, 15) is 4.79 Å². The number of hydrogen-bond donors (Lipinski definition) is 0. The molecule has 0 fully saturated rings. The number of aryl methyl sites for hydroxylation is 2. The highest BCUT2D eigenvalue weighted by molar-refractivity contribution is 5.69. The molecule has 1 heterocycles. The van der Waals surface area contributed by atoms with Crippen LogP contribution in [0, 0.1) is 6.92 Å². The van der Waals surface area contributed by atoms with Crippen molar-refractivity contribution in [3.63, 3.8) is 0 Å². The van der Waals surface area contributed by atoms with Gasteiger partial charge in [0.1, 0.15) is 0 Å². The number of hydrogen-bond acceptors (Lipinski definition) is 3. The van der Waals surface area contributed by atoms with Crippen LogP contribution < -0.4 is 10.3 Å². The zero-order valence-corrected chi connectivity index (χ0v) is 10.1. The highest BCUT2D eigenvalue weighted by atomic mass is 16.5. The van der Waals surface area contributed by atoms with Gasteiger partial charge in [-0.1, -0.05) is 29.8 Å². The molecular formula is C13H14N2O2. The molecule has 0 saturated heterocycles. The van der Waals surface area contributed by atoms with Crippen molar-refractivity contribution >= 4 is 0 Å². The van der Waals surface area contributed by atoms with Gasteiger partial charge in [-0.2, -0.15) is 5.10 Å². The lowest BCUT2D eigenvalue weighted by molar-refractivity contribution is 0.410. The monoisotopic (exact) mass is 230 g/mol. The van der Waals surface area contributed by atoms with Crippen LogP contribution in [0.4, 0.5) is 0 Å². The van der Waals surface area contributed by atoms with E-state index in [0.29, 0.717) is 11.3 Å². The topological polar surface area (TPSA) is 44.1 Å². The first kappa shape index (κ1) is 11.4. The van der Waals surface area contributed by atoms with Crippen molar-refractivity contribution in [2.24, 2.45) is 7.05 Å². The maximum Gasteiger partial charge on any atom is 0.278 e. The second-order valence-corrected chi connectivity index (χ2v) is 3.88. The zero-order chi connectivity index (χ0) is 12.4. The van der Waals surface area contributed by atoms with Gasteiger partial charge >= 0.3 is 0 Å². The van der Waals surface area contributed by atoms with E-state index >= 15 is 0 Å². The average molecular weight is 230 g/mol. The Bertz CT molecular complexity index is 585. The molecular weight excluding hydrogens is 216 g/mol. The summed E-state index contributed by atoms with van der Waals surface area (Å²) in [6.45, 7) is 2.01. The van der Waals surface area contributed by atoms with Gasteiger partial charge in [0, 0.05) is 7.05 Å². The van der Waals surface area contributed by atoms with Crippen LogP contribution in [0.15, 0.2) is 35.3 Å². The van der Waals surface area contributed by atoms with Gasteiger partial charge in [-0.25, -0.2) is 4.68 Å². The molecule has 2 rings (SSSR count). The fourth-order valence-electron chi connectivity index (χ4n) is 1.66. The van der Waals surface area contributed by atoms with Crippen molar-refractivity contribution in [3.05, 3.63) is 46.4 Å². The lowest BCUT2D eigenvalue weighted by Crippen LogP contribution is -2.21. The van der Waals surface area contributed by atoms with E-state index in [0.717, 1.165) is 11.1 Å². The highest BCUT2D eigenvalue weighted by Crippen LogP contribution is 2.25. The van der Waals surface area contributed by atoms with Gasteiger partial charge in [0.15, 0.2) is 5.75 Å². The lowest BCUT2D eigenvalue weighted by Gasteiger charge is -2.08. The molecule has 0 aliphatic rings. The molecule has 1 aromatic carbocycles. The highest BCUT2D eigenvalue weighted by Gasteiger charge is 2.12. The first-order valence-electron chi connectivity index (χ1n) is 5.31. The smallest absolute Gasteiger partial charge is 0.278 e. The van der Waals surface area contributed by atoms with Crippen LogP contribution in [0.5, 0.6) is 5.75 Å². The molecule has 0 radical (unpaired) electrons. The number of rotatable bonds is 2. The number of ether oxygens (including phenoxy) is 1. The van der Waals surface area contributed by atoms with Crippen molar-refractivity contribution in [2.45, 2.75) is 6.92 Å². The van der Waals surface area contributed by atoms with Gasteiger partial charge in [0.05, 0.1) is 18.9 Å². The van der Waals surface area contributed by atoms with Crippen LogP contribution in [-0.4, -0.2) is 16.9 Å². The van der Waals surface area contributed by atoms with Crippen LogP contribution in [0.1, 0.15) is 5.56 Å². The molecule has 2 aromatic rings. The number of benzene rings is 1. The molecule has 4 nitrogen and oxygen atoms in total. The van der Waals surface area contributed by atoms with Crippen molar-refractivity contribution in [1.82, 2.24) is 9.78 Å². The van der Waals surface area contributed by atoms with E-state index in [-0.39, 0.29) is 5.56 Å². The van der Waals surface area contributed by atoms with Crippen LogP contribution in [0.3, 0.4) is 0 Å². The fourth-order valence-corrected chi connectivity index (χ4v) is 1.66. The van der Waals surface area contributed by atoms with Gasteiger partial charge in [0.2, 0.25) is 0 Å². The predicted octanol–water partition coefficient (Wildman–Crippen LogP) is 1.76. The molecule has 0 amide bonds. The Balaban J connectivity index is 2.69. The maximum absolute atomic E-state index is 12.1. The molecule has 0 saturated carbocycles. The fraction of sp³-hybridized carbons (Fsp3) is 0.231. The minimum Gasteiger partial charge on any atom is -0.494 e. The minimum atomic E-state index is -0.159. The lowest BCUT2D eigenvalue weighted by atomic mass is 10.1. The number of methoxy groups -OCH3 is 1. The van der Waals surface area contributed by atoms with Gasteiger partial charge in [0.25, 0.3) is 5.56 Å². The molecule has 17 heavy (non-hydrogen) atoms. The summed E-state index contributed by atoms with van der Waals surface area (Å²) in [5, 5.41) is 3.93. The van der Waals surface area contributed by atoms with Gasteiger partial charge in [-0.15, -0.1) is 0 Å². The first-order valence-corrected chi connectivity index (χ1v) is 5.31. The molecule has 0 spiro atoms. The largest absolute Gasteiger partial charge is 0.494 e. The van der Waals surface area contributed by atoms with Gasteiger partial charge in [-0.05, 0) is 12.5 Å². The third kappa shape index (κ3) is 2.06. The Morgan fingerprint density at radius 3 is 2.47 bits per heavy atom. The summed E-state index contributed by atoms with van der Waals surface area (Å²) in [6.07, 6.45) is 1.55. The molecule has 88 valence electrons. The molecule has 0 aliphatic carbocycles. The van der Waals surface area contributed by atoms with Crippen LogP contribution in [-0.2, 0) is 7.05 Å². The summed E-state index contributed by atoms with van der Waals surface area (Å²) in [7, 11) is 3.16. The predicted molar refractivity (Wildman–Crippen MR) is 66.2 cm³/mol. The zero-order valence-electron chi connectivity index (χ0n) is 10.1. The van der Waals surface area contributed by atoms with Crippen LogP contribution >= 0.6 is 0 Å². The maximum atomic E-state index is 12.1. The second kappa shape index (κ2) is 4.41. The standard InChI is InChI=1S/C13H14N2O2/c1-9-4-6-10(7-5-9)12-11(17-3)8-14-15(2)13(12)16/h4-8H,1-3H3. The Labute approximate surface area is 99.5 Å². The molecule has 0 atom stereocenters. The SMILES string of the molecule is COc1cnn(C)c(=O)c1-c1ccc(C)cc1. The summed E-state index contributed by atoms with van der Waals surface area (Å²) in [4.78, 5) is 12.1. The van der Waals surface area contributed by atoms with Crippen molar-refractivity contribution in [1.29, 1.82) is 0 Å². The Morgan fingerprint density at radius 1 is 1.24 bits per heavy atom. The van der Waals surface area contributed by atoms with E-state index in [1.807, 2.05) is 31.2 Å². The Hall–Kier alpha value is -2.10. The molecule has 1 aromatic heterocycles. The van der Waals surface area contributed by atoms with E-state index in [4.69, 9.17) is 4.74 Å². The van der Waals surface area contributed by atoms with E-state index in [1.165, 1.54) is 11.8 Å². The van der Waals surface area contributed by atoms with Crippen molar-refractivity contribution in [2.75, 3.05) is 7.11 Å². The normalized spacial score (nSPS) is 10.3. The summed E-state index contributed by atoms with van der Waals surface area (Å²) in [6, 6.07) is 7.76. The minimum absolute atomic E-state index is 0.159. The summed E-state index contributed by atoms with van der Waals surface area (Å²) < 4.78 is 6.49. The van der Waals surface area contributed by atoms with E-state index in [1.54, 1.807) is 13.2 Å². The quantitative estimate of drug-likeness (QED) is 0.789. The summed E-state index contributed by atoms with van der Waals surface area (Å²) in [5.41, 5.74) is 2.38. The first-order chi connectivity index (χ1) is 8.13. The van der Waals surface area contributed by atoms with Crippen molar-refractivity contribution in [3.8, 4) is 16.9 Å².